The van der Waals surface area contributed by atoms with Crippen LogP contribution in [-0.4, -0.2) is 29.9 Å². The van der Waals surface area contributed by atoms with Gasteiger partial charge in [0.15, 0.2) is 0 Å². The second-order valence-electron chi connectivity index (χ2n) is 7.93. The number of sulfonamides is 1. The van der Waals surface area contributed by atoms with E-state index in [9.17, 15) is 18.3 Å². The Morgan fingerprint density at radius 3 is 2.45 bits per heavy atom. The van der Waals surface area contributed by atoms with Crippen LogP contribution in [0.3, 0.4) is 0 Å². The summed E-state index contributed by atoms with van der Waals surface area (Å²) in [5, 5.41) is 16.3. The van der Waals surface area contributed by atoms with Crippen LogP contribution in [0.5, 0.6) is 0 Å². The highest BCUT2D eigenvalue weighted by Gasteiger charge is 2.30. The van der Waals surface area contributed by atoms with E-state index in [1.54, 1.807) is 36.4 Å². The first-order chi connectivity index (χ1) is 14.7. The molecule has 4 N–H and O–H groups in total. The lowest BCUT2D eigenvalue weighted by Gasteiger charge is -2.27. The number of alkyl halides is 1. The fourth-order valence-electron chi connectivity index (χ4n) is 4.58. The van der Waals surface area contributed by atoms with E-state index in [2.05, 4.69) is 4.98 Å². The smallest absolute Gasteiger partial charge is 0.307 e. The molecule has 0 spiro atoms. The van der Waals surface area contributed by atoms with Crippen LogP contribution in [0.1, 0.15) is 42.7 Å². The summed E-state index contributed by atoms with van der Waals surface area (Å²) in [6.45, 7) is 0. The predicted molar refractivity (Wildman–Crippen MR) is 122 cm³/mol. The van der Waals surface area contributed by atoms with Gasteiger partial charge in [0.2, 0.25) is 10.0 Å². The number of hydrogen-bond donors (Lipinski definition) is 3. The molecular formula is C22H22Cl2N2O4S. The fourth-order valence-corrected chi connectivity index (χ4v) is 6.16. The molecule has 9 heteroatoms. The van der Waals surface area contributed by atoms with Crippen LogP contribution < -0.4 is 5.14 Å². The monoisotopic (exact) mass is 480 g/mol. The number of halogens is 2. The molecule has 0 radical (unpaired) electrons. The number of rotatable bonds is 5. The number of aliphatic carboxylic acids is 1. The molecule has 1 aliphatic carbocycles. The minimum atomic E-state index is -4.10. The largest absolute Gasteiger partial charge is 0.481 e. The molecule has 4 rings (SSSR count). The van der Waals surface area contributed by atoms with Crippen LogP contribution in [0.25, 0.3) is 22.2 Å². The minimum absolute atomic E-state index is 0.0131. The first kappa shape index (κ1) is 22.1. The Hall–Kier alpha value is -2.06. The SMILES string of the molecule is NS(=O)(=O)c1c(-c2[nH]c3cccc(Cl)c3c2CC(=O)O)cccc1C1CCC(Cl)CC1. The summed E-state index contributed by atoms with van der Waals surface area (Å²) in [7, 11) is -4.10. The minimum Gasteiger partial charge on any atom is -0.481 e. The van der Waals surface area contributed by atoms with Gasteiger partial charge in [-0.15, -0.1) is 11.6 Å². The summed E-state index contributed by atoms with van der Waals surface area (Å²) in [6.07, 6.45) is 2.81. The first-order valence-corrected chi connectivity index (χ1v) is 12.3. The van der Waals surface area contributed by atoms with Gasteiger partial charge >= 0.3 is 5.97 Å². The summed E-state index contributed by atoms with van der Waals surface area (Å²) in [4.78, 5) is 14.8. The number of aromatic nitrogens is 1. The first-order valence-electron chi connectivity index (χ1n) is 9.97. The summed E-state index contributed by atoms with van der Waals surface area (Å²) >= 11 is 12.6. The number of carboxylic acid groups (broad SMARTS) is 1. The van der Waals surface area contributed by atoms with Gasteiger partial charge in [-0.25, -0.2) is 13.6 Å². The van der Waals surface area contributed by atoms with Gasteiger partial charge in [0.25, 0.3) is 0 Å². The number of carbonyl (C=O) groups is 1. The van der Waals surface area contributed by atoms with E-state index in [0.29, 0.717) is 38.3 Å². The van der Waals surface area contributed by atoms with E-state index >= 15 is 0 Å². The van der Waals surface area contributed by atoms with E-state index in [-0.39, 0.29) is 22.6 Å². The van der Waals surface area contributed by atoms with Crippen molar-refractivity contribution in [2.24, 2.45) is 5.14 Å². The maximum Gasteiger partial charge on any atom is 0.307 e. The van der Waals surface area contributed by atoms with Crippen molar-refractivity contribution in [3.8, 4) is 11.3 Å². The van der Waals surface area contributed by atoms with Gasteiger partial charge in [0, 0.05) is 21.8 Å². The summed E-state index contributed by atoms with van der Waals surface area (Å²) in [5.74, 6) is -1.03. The molecule has 31 heavy (non-hydrogen) atoms. The summed E-state index contributed by atoms with van der Waals surface area (Å²) in [6, 6.07) is 10.4. The van der Waals surface area contributed by atoms with Crippen molar-refractivity contribution in [2.45, 2.75) is 48.3 Å². The molecule has 2 aromatic carbocycles. The van der Waals surface area contributed by atoms with Gasteiger partial charge in [-0.3, -0.25) is 4.79 Å². The van der Waals surface area contributed by atoms with Crippen LogP contribution in [0.2, 0.25) is 5.02 Å². The lowest BCUT2D eigenvalue weighted by molar-refractivity contribution is -0.136. The molecular weight excluding hydrogens is 459 g/mol. The van der Waals surface area contributed by atoms with E-state index in [1.807, 2.05) is 0 Å². The third kappa shape index (κ3) is 4.32. The summed E-state index contributed by atoms with van der Waals surface area (Å²) in [5.41, 5.74) is 2.47. The maximum absolute atomic E-state index is 12.8. The van der Waals surface area contributed by atoms with E-state index in [0.717, 1.165) is 25.7 Å². The molecule has 0 amide bonds. The number of nitrogens with one attached hydrogen (secondary N) is 1. The van der Waals surface area contributed by atoms with Gasteiger partial charge < -0.3 is 10.1 Å². The Labute approximate surface area is 190 Å². The standard InChI is InChI=1S/C22H22Cl2N2O4S/c23-13-9-7-12(8-10-13)14-3-1-4-15(22(14)31(25,29)30)21-16(11-19(27)28)20-17(24)5-2-6-18(20)26-21/h1-6,12-13,26H,7-11H2,(H,27,28)(H2,25,29,30). The van der Waals surface area contributed by atoms with Crippen molar-refractivity contribution in [1.29, 1.82) is 0 Å². The van der Waals surface area contributed by atoms with Crippen molar-refractivity contribution in [3.63, 3.8) is 0 Å². The molecule has 1 heterocycles. The average Bonchev–Trinajstić information content (AvgIpc) is 3.06. The Bertz CT molecular complexity index is 1260. The Kier molecular flexibility index (Phi) is 6.05. The normalized spacial score (nSPS) is 19.6. The number of carboxylic acids is 1. The van der Waals surface area contributed by atoms with E-state index < -0.39 is 16.0 Å². The zero-order valence-corrected chi connectivity index (χ0v) is 18.9. The van der Waals surface area contributed by atoms with E-state index in [1.165, 1.54) is 0 Å². The van der Waals surface area contributed by atoms with Crippen molar-refractivity contribution < 1.29 is 18.3 Å². The third-order valence-electron chi connectivity index (χ3n) is 5.90. The van der Waals surface area contributed by atoms with Gasteiger partial charge in [-0.05, 0) is 54.9 Å². The number of nitrogens with two attached hydrogens (primary N) is 1. The summed E-state index contributed by atoms with van der Waals surface area (Å²) < 4.78 is 25.5. The average molecular weight is 481 g/mol. The quantitative estimate of drug-likeness (QED) is 0.444. The number of H-pyrrole nitrogens is 1. The Morgan fingerprint density at radius 1 is 1.13 bits per heavy atom. The number of aromatic amines is 1. The van der Waals surface area contributed by atoms with Gasteiger partial charge in [0.1, 0.15) is 0 Å². The van der Waals surface area contributed by atoms with Crippen molar-refractivity contribution >= 4 is 50.1 Å². The highest BCUT2D eigenvalue weighted by atomic mass is 35.5. The molecule has 1 fully saturated rings. The second kappa shape index (κ2) is 8.47. The number of fused-ring (bicyclic) bond motifs is 1. The molecule has 0 aliphatic heterocycles. The van der Waals surface area contributed by atoms with Crippen LogP contribution in [0.4, 0.5) is 0 Å². The molecule has 6 nitrogen and oxygen atoms in total. The maximum atomic E-state index is 12.8. The molecule has 1 aliphatic rings. The molecule has 1 saturated carbocycles. The van der Waals surface area contributed by atoms with Crippen LogP contribution in [0, 0.1) is 0 Å². The highest BCUT2D eigenvalue weighted by molar-refractivity contribution is 7.89. The molecule has 3 aromatic rings. The Morgan fingerprint density at radius 2 is 1.81 bits per heavy atom. The van der Waals surface area contributed by atoms with Crippen LogP contribution in [0.15, 0.2) is 41.3 Å². The van der Waals surface area contributed by atoms with Crippen molar-refractivity contribution in [3.05, 3.63) is 52.5 Å². The van der Waals surface area contributed by atoms with Crippen molar-refractivity contribution in [1.82, 2.24) is 4.98 Å². The van der Waals surface area contributed by atoms with Crippen LogP contribution >= 0.6 is 23.2 Å². The molecule has 0 bridgehead atoms. The van der Waals surface area contributed by atoms with Gasteiger partial charge in [0.05, 0.1) is 22.0 Å². The zero-order chi connectivity index (χ0) is 22.3. The molecule has 164 valence electrons. The predicted octanol–water partition coefficient (Wildman–Crippen LogP) is 5.03. The third-order valence-corrected chi connectivity index (χ3v) is 7.68. The molecule has 0 unspecified atom stereocenters. The second-order valence-corrected chi connectivity index (χ2v) is 10.5. The lowest BCUT2D eigenvalue weighted by atomic mass is 9.83. The van der Waals surface area contributed by atoms with Gasteiger partial charge in [-0.1, -0.05) is 35.9 Å². The highest BCUT2D eigenvalue weighted by Crippen LogP contribution is 2.43. The topological polar surface area (TPSA) is 113 Å². The molecule has 0 saturated heterocycles. The fraction of sp³-hybridized carbons (Fsp3) is 0.318. The number of hydrogen-bond acceptors (Lipinski definition) is 3. The lowest BCUT2D eigenvalue weighted by Crippen LogP contribution is -2.20. The number of benzene rings is 2. The number of primary sulfonamides is 1. The van der Waals surface area contributed by atoms with Gasteiger partial charge in [-0.2, -0.15) is 0 Å². The Balaban J connectivity index is 1.99. The zero-order valence-electron chi connectivity index (χ0n) is 16.6. The molecule has 1 aromatic heterocycles. The van der Waals surface area contributed by atoms with Crippen LogP contribution in [-0.2, 0) is 21.2 Å². The van der Waals surface area contributed by atoms with E-state index in [4.69, 9.17) is 28.3 Å². The molecule has 0 atom stereocenters. The van der Waals surface area contributed by atoms with Crippen molar-refractivity contribution in [2.75, 3.05) is 0 Å².